The molecule has 94 valence electrons. The molecule has 0 bridgehead atoms. The highest BCUT2D eigenvalue weighted by molar-refractivity contribution is 6.30. The van der Waals surface area contributed by atoms with Gasteiger partial charge < -0.3 is 4.57 Å². The lowest BCUT2D eigenvalue weighted by atomic mass is 10.2. The van der Waals surface area contributed by atoms with E-state index in [9.17, 15) is 4.79 Å². The zero-order valence-electron chi connectivity index (χ0n) is 10.6. The zero-order chi connectivity index (χ0) is 13.3. The molecule has 0 aliphatic rings. The Hall–Kier alpha value is -1.68. The van der Waals surface area contributed by atoms with Gasteiger partial charge in [-0.2, -0.15) is 0 Å². The third-order valence-corrected chi connectivity index (χ3v) is 3.07. The predicted octanol–water partition coefficient (Wildman–Crippen LogP) is 2.61. The number of rotatable bonds is 3. The van der Waals surface area contributed by atoms with E-state index in [1.165, 1.54) is 0 Å². The minimum absolute atomic E-state index is 0.0101. The average molecular weight is 264 g/mol. The molecule has 0 N–H and O–H groups in total. The fourth-order valence-electron chi connectivity index (χ4n) is 2.03. The summed E-state index contributed by atoms with van der Waals surface area (Å²) in [4.78, 5) is 20.3. The van der Waals surface area contributed by atoms with E-state index in [1.54, 1.807) is 12.4 Å². The summed E-state index contributed by atoms with van der Waals surface area (Å²) in [6, 6.07) is 1.84. The number of nitrogens with zero attached hydrogens (tertiary/aromatic N) is 3. The number of hydrogen-bond donors (Lipinski definition) is 0. The second-order valence-corrected chi connectivity index (χ2v) is 4.46. The SMILES string of the molecule is Cc1cncc(-n2c(C)cc(C(=O)CCl)c2C)n1. The van der Waals surface area contributed by atoms with Crippen LogP contribution in [0.25, 0.3) is 5.82 Å². The number of aryl methyl sites for hydroxylation is 2. The Labute approximate surface area is 111 Å². The van der Waals surface area contributed by atoms with Crippen molar-refractivity contribution >= 4 is 17.4 Å². The van der Waals surface area contributed by atoms with Crippen molar-refractivity contribution < 1.29 is 4.79 Å². The molecule has 0 saturated heterocycles. The molecule has 0 fully saturated rings. The fourth-order valence-corrected chi connectivity index (χ4v) is 2.17. The third-order valence-electron chi connectivity index (χ3n) is 2.82. The van der Waals surface area contributed by atoms with Crippen molar-refractivity contribution in [2.24, 2.45) is 0 Å². The van der Waals surface area contributed by atoms with Crippen LogP contribution in [0.15, 0.2) is 18.5 Å². The van der Waals surface area contributed by atoms with Crippen LogP contribution in [0.3, 0.4) is 0 Å². The molecule has 0 aromatic carbocycles. The van der Waals surface area contributed by atoms with Crippen LogP contribution in [0.5, 0.6) is 0 Å². The molecule has 18 heavy (non-hydrogen) atoms. The molecular weight excluding hydrogens is 250 g/mol. The minimum atomic E-state index is -0.0726. The first-order valence-electron chi connectivity index (χ1n) is 5.61. The van der Waals surface area contributed by atoms with Gasteiger partial charge in [-0.3, -0.25) is 9.78 Å². The van der Waals surface area contributed by atoms with Crippen LogP contribution < -0.4 is 0 Å². The van der Waals surface area contributed by atoms with E-state index >= 15 is 0 Å². The standard InChI is InChI=1S/C13H14ClN3O/c1-8-6-15-7-13(16-8)17-9(2)4-11(10(17)3)12(18)5-14/h4,6-7H,5H2,1-3H3. The average Bonchev–Trinajstić information content (AvgIpc) is 2.64. The molecule has 5 heteroatoms. The molecule has 0 aliphatic carbocycles. The van der Waals surface area contributed by atoms with Crippen molar-refractivity contribution in [2.75, 3.05) is 5.88 Å². The second kappa shape index (κ2) is 4.90. The highest BCUT2D eigenvalue weighted by Gasteiger charge is 2.16. The molecule has 0 unspecified atom stereocenters. The van der Waals surface area contributed by atoms with Crippen molar-refractivity contribution in [1.29, 1.82) is 0 Å². The maximum Gasteiger partial charge on any atom is 0.179 e. The maximum atomic E-state index is 11.7. The van der Waals surface area contributed by atoms with Crippen LogP contribution in [0.4, 0.5) is 0 Å². The normalized spacial score (nSPS) is 10.7. The first-order valence-corrected chi connectivity index (χ1v) is 6.15. The van der Waals surface area contributed by atoms with E-state index in [1.807, 2.05) is 31.4 Å². The van der Waals surface area contributed by atoms with Gasteiger partial charge in [0.25, 0.3) is 0 Å². The molecule has 0 aliphatic heterocycles. The number of alkyl halides is 1. The first-order chi connectivity index (χ1) is 8.54. The van der Waals surface area contributed by atoms with Gasteiger partial charge in [-0.15, -0.1) is 11.6 Å². The van der Waals surface area contributed by atoms with Crippen molar-refractivity contribution in [3.63, 3.8) is 0 Å². The summed E-state index contributed by atoms with van der Waals surface area (Å²) >= 11 is 5.60. The molecule has 0 saturated carbocycles. The van der Waals surface area contributed by atoms with E-state index in [0.717, 1.165) is 22.9 Å². The number of hydrogen-bond acceptors (Lipinski definition) is 3. The summed E-state index contributed by atoms with van der Waals surface area (Å²) in [5.74, 6) is 0.638. The molecule has 2 aromatic heterocycles. The van der Waals surface area contributed by atoms with E-state index < -0.39 is 0 Å². The van der Waals surface area contributed by atoms with Gasteiger partial charge in [0.05, 0.1) is 17.8 Å². The third kappa shape index (κ3) is 2.16. The highest BCUT2D eigenvalue weighted by atomic mass is 35.5. The molecule has 0 amide bonds. The number of Topliss-reactive ketones (excluding diaryl/α,β-unsaturated/α-hetero) is 1. The zero-order valence-corrected chi connectivity index (χ0v) is 11.3. The second-order valence-electron chi connectivity index (χ2n) is 4.20. The van der Waals surface area contributed by atoms with Crippen LogP contribution in [0.2, 0.25) is 0 Å². The van der Waals surface area contributed by atoms with Crippen molar-refractivity contribution in [1.82, 2.24) is 14.5 Å². The number of halogens is 1. The van der Waals surface area contributed by atoms with Gasteiger partial charge in [0.2, 0.25) is 0 Å². The topological polar surface area (TPSA) is 47.8 Å². The molecule has 0 spiro atoms. The molecule has 2 rings (SSSR count). The Kier molecular flexibility index (Phi) is 3.48. The van der Waals surface area contributed by atoms with Gasteiger partial charge in [0, 0.05) is 23.1 Å². The summed E-state index contributed by atoms with van der Waals surface area (Å²) in [7, 11) is 0. The van der Waals surface area contributed by atoms with Crippen molar-refractivity contribution in [3.05, 3.63) is 41.1 Å². The van der Waals surface area contributed by atoms with Crippen LogP contribution in [-0.4, -0.2) is 26.2 Å². The Morgan fingerprint density at radius 1 is 1.33 bits per heavy atom. The smallest absolute Gasteiger partial charge is 0.179 e. The Morgan fingerprint density at radius 3 is 2.67 bits per heavy atom. The summed E-state index contributed by atoms with van der Waals surface area (Å²) < 4.78 is 1.92. The van der Waals surface area contributed by atoms with Gasteiger partial charge in [0.1, 0.15) is 0 Å². The predicted molar refractivity (Wildman–Crippen MR) is 70.6 cm³/mol. The molecule has 0 radical (unpaired) electrons. The molecule has 0 atom stereocenters. The largest absolute Gasteiger partial charge is 0.301 e. The number of aromatic nitrogens is 3. The van der Waals surface area contributed by atoms with Crippen LogP contribution in [0.1, 0.15) is 27.4 Å². The summed E-state index contributed by atoms with van der Waals surface area (Å²) in [5.41, 5.74) is 3.27. The van der Waals surface area contributed by atoms with E-state index in [4.69, 9.17) is 11.6 Å². The monoisotopic (exact) mass is 263 g/mol. The lowest BCUT2D eigenvalue weighted by Crippen LogP contribution is -2.06. The molecule has 4 nitrogen and oxygen atoms in total. The molecular formula is C13H14ClN3O. The maximum absolute atomic E-state index is 11.7. The highest BCUT2D eigenvalue weighted by Crippen LogP contribution is 2.20. The van der Waals surface area contributed by atoms with E-state index in [0.29, 0.717) is 5.56 Å². The van der Waals surface area contributed by atoms with E-state index in [2.05, 4.69) is 9.97 Å². The lowest BCUT2D eigenvalue weighted by Gasteiger charge is -2.08. The Morgan fingerprint density at radius 2 is 2.06 bits per heavy atom. The van der Waals surface area contributed by atoms with Crippen LogP contribution in [0, 0.1) is 20.8 Å². The van der Waals surface area contributed by atoms with E-state index in [-0.39, 0.29) is 11.7 Å². The Bertz CT molecular complexity index is 604. The summed E-state index contributed by atoms with van der Waals surface area (Å²) in [5, 5.41) is 0. The van der Waals surface area contributed by atoms with Crippen molar-refractivity contribution in [3.8, 4) is 5.82 Å². The van der Waals surface area contributed by atoms with Crippen molar-refractivity contribution in [2.45, 2.75) is 20.8 Å². The minimum Gasteiger partial charge on any atom is -0.301 e. The van der Waals surface area contributed by atoms with Crippen LogP contribution >= 0.6 is 11.6 Å². The van der Waals surface area contributed by atoms with Gasteiger partial charge in [-0.05, 0) is 26.8 Å². The van der Waals surface area contributed by atoms with Crippen LogP contribution in [-0.2, 0) is 0 Å². The molecule has 2 heterocycles. The fraction of sp³-hybridized carbons (Fsp3) is 0.308. The first kappa shape index (κ1) is 12.8. The quantitative estimate of drug-likeness (QED) is 0.632. The van der Waals surface area contributed by atoms with Gasteiger partial charge >= 0.3 is 0 Å². The summed E-state index contributed by atoms with van der Waals surface area (Å²) in [6.45, 7) is 5.70. The number of carbonyl (C=O) groups is 1. The summed E-state index contributed by atoms with van der Waals surface area (Å²) in [6.07, 6.45) is 3.38. The number of ketones is 1. The lowest BCUT2D eigenvalue weighted by molar-refractivity contribution is 0.102. The number of carbonyl (C=O) groups excluding carboxylic acids is 1. The Balaban J connectivity index is 2.59. The van der Waals surface area contributed by atoms with Gasteiger partial charge in [0.15, 0.2) is 11.6 Å². The van der Waals surface area contributed by atoms with Gasteiger partial charge in [-0.25, -0.2) is 4.98 Å². The van der Waals surface area contributed by atoms with Gasteiger partial charge in [-0.1, -0.05) is 0 Å². The molecule has 2 aromatic rings.